The van der Waals surface area contributed by atoms with Crippen LogP contribution in [0.3, 0.4) is 0 Å². The van der Waals surface area contributed by atoms with Gasteiger partial charge < -0.3 is 5.73 Å². The summed E-state index contributed by atoms with van der Waals surface area (Å²) < 4.78 is 0. The van der Waals surface area contributed by atoms with Crippen LogP contribution in [0.25, 0.3) is 0 Å². The molecule has 0 aliphatic heterocycles. The molecule has 0 bridgehead atoms. The highest BCUT2D eigenvalue weighted by molar-refractivity contribution is 4.69. The molecule has 0 spiro atoms. The van der Waals surface area contributed by atoms with Gasteiger partial charge >= 0.3 is 0 Å². The summed E-state index contributed by atoms with van der Waals surface area (Å²) >= 11 is 0. The van der Waals surface area contributed by atoms with Gasteiger partial charge in [-0.1, -0.05) is 20.3 Å². The van der Waals surface area contributed by atoms with Gasteiger partial charge in [-0.3, -0.25) is 4.90 Å². The molecule has 0 aromatic carbocycles. The van der Waals surface area contributed by atoms with Gasteiger partial charge in [0.1, 0.15) is 0 Å². The topological polar surface area (TPSA) is 29.3 Å². The number of hydrogen-bond acceptors (Lipinski definition) is 2. The molecule has 2 N–H and O–H groups in total. The maximum atomic E-state index is 5.82. The first-order chi connectivity index (χ1) is 6.11. The number of unbranched alkanes of at least 4 members (excludes halogenated alkanes) is 1. The SMILES string of the molecule is CCCCN(C[C@@H](C)N)C(C)CC. The van der Waals surface area contributed by atoms with E-state index in [-0.39, 0.29) is 0 Å². The first-order valence-electron chi connectivity index (χ1n) is 5.61. The van der Waals surface area contributed by atoms with Crippen LogP contribution in [0.4, 0.5) is 0 Å². The van der Waals surface area contributed by atoms with E-state index >= 15 is 0 Å². The van der Waals surface area contributed by atoms with Gasteiger partial charge in [0.2, 0.25) is 0 Å². The molecule has 0 aromatic rings. The Hall–Kier alpha value is -0.0800. The van der Waals surface area contributed by atoms with Crippen LogP contribution < -0.4 is 5.73 Å². The highest BCUT2D eigenvalue weighted by Gasteiger charge is 2.12. The lowest BCUT2D eigenvalue weighted by molar-refractivity contribution is 0.192. The van der Waals surface area contributed by atoms with E-state index in [4.69, 9.17) is 5.73 Å². The quantitative estimate of drug-likeness (QED) is 0.660. The van der Waals surface area contributed by atoms with E-state index in [0.29, 0.717) is 12.1 Å². The van der Waals surface area contributed by atoms with Crippen molar-refractivity contribution < 1.29 is 0 Å². The van der Waals surface area contributed by atoms with Gasteiger partial charge in [0.15, 0.2) is 0 Å². The second-order valence-corrected chi connectivity index (χ2v) is 4.08. The number of nitrogens with two attached hydrogens (primary N) is 1. The third-order valence-corrected chi connectivity index (χ3v) is 2.54. The fourth-order valence-corrected chi connectivity index (χ4v) is 1.48. The van der Waals surface area contributed by atoms with Gasteiger partial charge in [-0.15, -0.1) is 0 Å². The number of nitrogens with zero attached hydrogens (tertiary/aromatic N) is 1. The third kappa shape index (κ3) is 6.05. The first kappa shape index (κ1) is 12.9. The van der Waals surface area contributed by atoms with E-state index in [1.165, 1.54) is 25.8 Å². The molecule has 0 rings (SSSR count). The minimum absolute atomic E-state index is 0.297. The molecule has 2 nitrogen and oxygen atoms in total. The van der Waals surface area contributed by atoms with Crippen LogP contribution in [0.15, 0.2) is 0 Å². The maximum Gasteiger partial charge on any atom is 0.0139 e. The van der Waals surface area contributed by atoms with Crippen molar-refractivity contribution in [3.63, 3.8) is 0 Å². The van der Waals surface area contributed by atoms with Crippen molar-refractivity contribution in [3.8, 4) is 0 Å². The van der Waals surface area contributed by atoms with E-state index in [9.17, 15) is 0 Å². The predicted octanol–water partition coefficient (Wildman–Crippen LogP) is 2.23. The maximum absolute atomic E-state index is 5.82. The Kier molecular flexibility index (Phi) is 7.29. The fourth-order valence-electron chi connectivity index (χ4n) is 1.48. The molecular formula is C11H26N2. The Morgan fingerprint density at radius 3 is 2.23 bits per heavy atom. The average molecular weight is 186 g/mol. The van der Waals surface area contributed by atoms with Gasteiger partial charge in [0, 0.05) is 18.6 Å². The third-order valence-electron chi connectivity index (χ3n) is 2.54. The second-order valence-electron chi connectivity index (χ2n) is 4.08. The molecule has 0 saturated carbocycles. The van der Waals surface area contributed by atoms with Crippen LogP contribution >= 0.6 is 0 Å². The van der Waals surface area contributed by atoms with Crippen LogP contribution in [0, 0.1) is 0 Å². The lowest BCUT2D eigenvalue weighted by Crippen LogP contribution is -2.41. The molecule has 2 heteroatoms. The van der Waals surface area contributed by atoms with Crippen LogP contribution in [0.1, 0.15) is 47.0 Å². The summed E-state index contributed by atoms with van der Waals surface area (Å²) in [5, 5.41) is 0. The summed E-state index contributed by atoms with van der Waals surface area (Å²) in [6, 6.07) is 0.975. The summed E-state index contributed by atoms with van der Waals surface area (Å²) in [5.41, 5.74) is 5.82. The predicted molar refractivity (Wildman–Crippen MR) is 59.9 cm³/mol. The van der Waals surface area contributed by atoms with Crippen molar-refractivity contribution in [1.29, 1.82) is 0 Å². The smallest absolute Gasteiger partial charge is 0.0139 e. The average Bonchev–Trinajstić information content (AvgIpc) is 2.10. The van der Waals surface area contributed by atoms with Crippen molar-refractivity contribution in [2.24, 2.45) is 5.73 Å². The molecule has 0 saturated heterocycles. The Labute approximate surface area is 83.5 Å². The molecule has 0 heterocycles. The van der Waals surface area contributed by atoms with Crippen LogP contribution in [0.2, 0.25) is 0 Å². The monoisotopic (exact) mass is 186 g/mol. The Bertz CT molecular complexity index is 113. The minimum Gasteiger partial charge on any atom is -0.327 e. The van der Waals surface area contributed by atoms with Gasteiger partial charge in [-0.25, -0.2) is 0 Å². The molecule has 0 aliphatic carbocycles. The van der Waals surface area contributed by atoms with Gasteiger partial charge in [0.25, 0.3) is 0 Å². The molecule has 13 heavy (non-hydrogen) atoms. The van der Waals surface area contributed by atoms with Crippen LogP contribution in [-0.2, 0) is 0 Å². The molecule has 0 aromatic heterocycles. The van der Waals surface area contributed by atoms with Crippen molar-refractivity contribution in [2.45, 2.75) is 59.0 Å². The number of rotatable bonds is 7. The zero-order valence-corrected chi connectivity index (χ0v) is 9.71. The van der Waals surface area contributed by atoms with Crippen molar-refractivity contribution in [2.75, 3.05) is 13.1 Å². The highest BCUT2D eigenvalue weighted by Crippen LogP contribution is 2.05. The molecule has 0 aliphatic rings. The molecule has 2 atom stereocenters. The van der Waals surface area contributed by atoms with Gasteiger partial charge in [-0.2, -0.15) is 0 Å². The summed E-state index contributed by atoms with van der Waals surface area (Å²) in [4.78, 5) is 2.51. The minimum atomic E-state index is 0.297. The molecule has 0 amide bonds. The van der Waals surface area contributed by atoms with Crippen molar-refractivity contribution in [3.05, 3.63) is 0 Å². The van der Waals surface area contributed by atoms with E-state index < -0.39 is 0 Å². The summed E-state index contributed by atoms with van der Waals surface area (Å²) in [5.74, 6) is 0. The van der Waals surface area contributed by atoms with E-state index in [1.807, 2.05) is 0 Å². The lowest BCUT2D eigenvalue weighted by Gasteiger charge is -2.29. The standard InChI is InChI=1S/C11H26N2/c1-5-7-8-13(9-10(3)12)11(4)6-2/h10-11H,5-9,12H2,1-4H3/t10-,11?/m1/s1. The van der Waals surface area contributed by atoms with Gasteiger partial charge in [-0.05, 0) is 33.2 Å². The van der Waals surface area contributed by atoms with E-state index in [1.54, 1.807) is 0 Å². The zero-order chi connectivity index (χ0) is 10.3. The molecular weight excluding hydrogens is 160 g/mol. The van der Waals surface area contributed by atoms with Crippen LogP contribution in [-0.4, -0.2) is 30.1 Å². The first-order valence-corrected chi connectivity index (χ1v) is 5.61. The fraction of sp³-hybridized carbons (Fsp3) is 1.00. The highest BCUT2D eigenvalue weighted by atomic mass is 15.2. The van der Waals surface area contributed by atoms with Crippen molar-refractivity contribution >= 4 is 0 Å². The van der Waals surface area contributed by atoms with Crippen LogP contribution in [0.5, 0.6) is 0 Å². The summed E-state index contributed by atoms with van der Waals surface area (Å²) in [7, 11) is 0. The Morgan fingerprint density at radius 2 is 1.85 bits per heavy atom. The molecule has 0 radical (unpaired) electrons. The van der Waals surface area contributed by atoms with Crippen molar-refractivity contribution in [1.82, 2.24) is 4.90 Å². The molecule has 80 valence electrons. The van der Waals surface area contributed by atoms with Gasteiger partial charge in [0.05, 0.1) is 0 Å². The zero-order valence-electron chi connectivity index (χ0n) is 9.71. The normalized spacial score (nSPS) is 16.2. The largest absolute Gasteiger partial charge is 0.327 e. The number of hydrogen-bond donors (Lipinski definition) is 1. The Morgan fingerprint density at radius 1 is 1.23 bits per heavy atom. The summed E-state index contributed by atoms with van der Waals surface area (Å²) in [6.07, 6.45) is 3.78. The lowest BCUT2D eigenvalue weighted by atomic mass is 10.1. The Balaban J connectivity index is 3.87. The molecule has 0 fully saturated rings. The molecule has 1 unspecified atom stereocenters. The second kappa shape index (κ2) is 7.34. The van der Waals surface area contributed by atoms with E-state index in [0.717, 1.165) is 6.54 Å². The summed E-state index contributed by atoms with van der Waals surface area (Å²) in [6.45, 7) is 11.1. The van der Waals surface area contributed by atoms with E-state index in [2.05, 4.69) is 32.6 Å².